The lowest BCUT2D eigenvalue weighted by Crippen LogP contribution is -2.00. The van der Waals surface area contributed by atoms with Gasteiger partial charge in [-0.1, -0.05) is 46.9 Å². The standard InChI is InChI=1S/C16H11Cl3N2/c1-10-8-16(11-2-4-12(17)5-3-11)21(20-10)15-7-6-13(18)9-14(15)19/h2-9H,1H3. The molecule has 1 heterocycles. The van der Waals surface area contributed by atoms with Crippen molar-refractivity contribution in [2.24, 2.45) is 0 Å². The summed E-state index contributed by atoms with van der Waals surface area (Å²) < 4.78 is 1.82. The van der Waals surface area contributed by atoms with Crippen LogP contribution in [0.5, 0.6) is 0 Å². The monoisotopic (exact) mass is 336 g/mol. The Bertz CT molecular complexity index is 792. The second-order valence-corrected chi connectivity index (χ2v) is 5.97. The van der Waals surface area contributed by atoms with Gasteiger partial charge in [-0.25, -0.2) is 4.68 Å². The van der Waals surface area contributed by atoms with Crippen molar-refractivity contribution in [3.8, 4) is 16.9 Å². The fraction of sp³-hybridized carbons (Fsp3) is 0.0625. The van der Waals surface area contributed by atoms with Crippen LogP contribution >= 0.6 is 34.8 Å². The number of hydrogen-bond acceptors (Lipinski definition) is 1. The van der Waals surface area contributed by atoms with Crippen molar-refractivity contribution in [2.45, 2.75) is 6.92 Å². The minimum absolute atomic E-state index is 0.556. The minimum atomic E-state index is 0.556. The summed E-state index contributed by atoms with van der Waals surface area (Å²) >= 11 is 18.2. The lowest BCUT2D eigenvalue weighted by atomic mass is 10.1. The number of nitrogens with zero attached hydrogens (tertiary/aromatic N) is 2. The van der Waals surface area contributed by atoms with E-state index in [4.69, 9.17) is 34.8 Å². The third-order valence-electron chi connectivity index (χ3n) is 3.11. The summed E-state index contributed by atoms with van der Waals surface area (Å²) in [6.07, 6.45) is 0. The molecule has 21 heavy (non-hydrogen) atoms. The highest BCUT2D eigenvalue weighted by atomic mass is 35.5. The van der Waals surface area contributed by atoms with E-state index in [1.807, 2.05) is 48.0 Å². The fourth-order valence-electron chi connectivity index (χ4n) is 2.16. The number of halogens is 3. The Labute approximate surface area is 137 Å². The van der Waals surface area contributed by atoms with Crippen LogP contribution < -0.4 is 0 Å². The van der Waals surface area contributed by atoms with Crippen LogP contribution in [-0.4, -0.2) is 9.78 Å². The average molecular weight is 338 g/mol. The Balaban J connectivity index is 2.17. The quantitative estimate of drug-likeness (QED) is 0.577. The second kappa shape index (κ2) is 5.72. The normalized spacial score (nSPS) is 10.9. The molecular formula is C16H11Cl3N2. The van der Waals surface area contributed by atoms with E-state index in [-0.39, 0.29) is 0 Å². The topological polar surface area (TPSA) is 17.8 Å². The molecule has 0 saturated heterocycles. The Morgan fingerprint density at radius 2 is 1.52 bits per heavy atom. The highest BCUT2D eigenvalue weighted by Crippen LogP contribution is 2.30. The Hall–Kier alpha value is -1.48. The van der Waals surface area contributed by atoms with E-state index in [1.54, 1.807) is 12.1 Å². The second-order valence-electron chi connectivity index (χ2n) is 4.69. The number of aromatic nitrogens is 2. The van der Waals surface area contributed by atoms with Gasteiger partial charge in [0.2, 0.25) is 0 Å². The molecule has 0 spiro atoms. The first-order valence-electron chi connectivity index (χ1n) is 6.32. The molecule has 0 fully saturated rings. The van der Waals surface area contributed by atoms with E-state index < -0.39 is 0 Å². The van der Waals surface area contributed by atoms with Crippen molar-refractivity contribution in [3.05, 3.63) is 69.3 Å². The summed E-state index contributed by atoms with van der Waals surface area (Å²) in [7, 11) is 0. The van der Waals surface area contributed by atoms with E-state index in [2.05, 4.69) is 5.10 Å². The number of hydrogen-bond donors (Lipinski definition) is 0. The van der Waals surface area contributed by atoms with Crippen LogP contribution in [0.25, 0.3) is 16.9 Å². The molecule has 0 aliphatic heterocycles. The molecule has 0 unspecified atom stereocenters. The molecule has 0 aliphatic rings. The van der Waals surface area contributed by atoms with E-state index in [9.17, 15) is 0 Å². The lowest BCUT2D eigenvalue weighted by Gasteiger charge is -2.10. The maximum Gasteiger partial charge on any atom is 0.0840 e. The smallest absolute Gasteiger partial charge is 0.0840 e. The van der Waals surface area contributed by atoms with E-state index in [1.165, 1.54) is 0 Å². The lowest BCUT2D eigenvalue weighted by molar-refractivity contribution is 0.869. The molecule has 5 heteroatoms. The van der Waals surface area contributed by atoms with Gasteiger partial charge in [0.25, 0.3) is 0 Å². The molecule has 0 radical (unpaired) electrons. The van der Waals surface area contributed by atoms with Crippen molar-refractivity contribution in [1.29, 1.82) is 0 Å². The zero-order valence-electron chi connectivity index (χ0n) is 11.1. The summed E-state index contributed by atoms with van der Waals surface area (Å²) in [5, 5.41) is 6.38. The minimum Gasteiger partial charge on any atom is -0.231 e. The summed E-state index contributed by atoms with van der Waals surface area (Å²) in [5.74, 6) is 0. The third kappa shape index (κ3) is 2.93. The van der Waals surface area contributed by atoms with Gasteiger partial charge in [0, 0.05) is 15.6 Å². The molecule has 0 saturated carbocycles. The van der Waals surface area contributed by atoms with Crippen molar-refractivity contribution in [3.63, 3.8) is 0 Å². The fourth-order valence-corrected chi connectivity index (χ4v) is 2.78. The van der Waals surface area contributed by atoms with Gasteiger partial charge in [0.15, 0.2) is 0 Å². The third-order valence-corrected chi connectivity index (χ3v) is 3.90. The maximum atomic E-state index is 6.29. The summed E-state index contributed by atoms with van der Waals surface area (Å²) in [6.45, 7) is 1.94. The van der Waals surface area contributed by atoms with Gasteiger partial charge in [-0.15, -0.1) is 0 Å². The van der Waals surface area contributed by atoms with Gasteiger partial charge in [0.05, 0.1) is 22.1 Å². The molecule has 3 aromatic rings. The Morgan fingerprint density at radius 1 is 0.857 bits per heavy atom. The number of aryl methyl sites for hydroxylation is 1. The van der Waals surface area contributed by atoms with Gasteiger partial charge in [-0.2, -0.15) is 5.10 Å². The van der Waals surface area contributed by atoms with Crippen LogP contribution in [0, 0.1) is 6.92 Å². The summed E-state index contributed by atoms with van der Waals surface area (Å²) in [6, 6.07) is 15.0. The highest BCUT2D eigenvalue weighted by molar-refractivity contribution is 6.35. The van der Waals surface area contributed by atoms with E-state index in [0.29, 0.717) is 15.1 Å². The zero-order valence-corrected chi connectivity index (χ0v) is 13.4. The van der Waals surface area contributed by atoms with Crippen molar-refractivity contribution < 1.29 is 0 Å². The number of benzene rings is 2. The van der Waals surface area contributed by atoms with Gasteiger partial charge >= 0.3 is 0 Å². The molecule has 0 atom stereocenters. The predicted octanol–water partition coefficient (Wildman–Crippen LogP) is 5.81. The molecule has 106 valence electrons. The molecular weight excluding hydrogens is 327 g/mol. The molecule has 0 aliphatic carbocycles. The zero-order chi connectivity index (χ0) is 15.0. The van der Waals surface area contributed by atoms with Crippen molar-refractivity contribution in [1.82, 2.24) is 9.78 Å². The molecule has 0 bridgehead atoms. The Morgan fingerprint density at radius 3 is 2.19 bits per heavy atom. The first kappa shape index (κ1) is 14.5. The first-order chi connectivity index (χ1) is 10.0. The summed E-state index contributed by atoms with van der Waals surface area (Å²) in [4.78, 5) is 0. The molecule has 3 rings (SSSR count). The van der Waals surface area contributed by atoms with Crippen LogP contribution in [-0.2, 0) is 0 Å². The van der Waals surface area contributed by atoms with Gasteiger partial charge in [-0.3, -0.25) is 0 Å². The Kier molecular flexibility index (Phi) is 3.94. The van der Waals surface area contributed by atoms with Crippen LogP contribution in [0.15, 0.2) is 48.5 Å². The van der Waals surface area contributed by atoms with Crippen LogP contribution in [0.2, 0.25) is 15.1 Å². The van der Waals surface area contributed by atoms with Crippen LogP contribution in [0.3, 0.4) is 0 Å². The van der Waals surface area contributed by atoms with Crippen LogP contribution in [0.1, 0.15) is 5.69 Å². The van der Waals surface area contributed by atoms with Gasteiger partial charge in [0.1, 0.15) is 0 Å². The molecule has 0 N–H and O–H groups in total. The highest BCUT2D eigenvalue weighted by Gasteiger charge is 2.12. The van der Waals surface area contributed by atoms with Gasteiger partial charge < -0.3 is 0 Å². The first-order valence-corrected chi connectivity index (χ1v) is 7.46. The largest absolute Gasteiger partial charge is 0.231 e. The van der Waals surface area contributed by atoms with Crippen molar-refractivity contribution in [2.75, 3.05) is 0 Å². The predicted molar refractivity (Wildman–Crippen MR) is 88.8 cm³/mol. The SMILES string of the molecule is Cc1cc(-c2ccc(Cl)cc2)n(-c2ccc(Cl)cc2Cl)n1. The summed E-state index contributed by atoms with van der Waals surface area (Å²) in [5.41, 5.74) is 3.67. The van der Waals surface area contributed by atoms with E-state index >= 15 is 0 Å². The van der Waals surface area contributed by atoms with Crippen LogP contribution in [0.4, 0.5) is 0 Å². The molecule has 1 aromatic heterocycles. The maximum absolute atomic E-state index is 6.29. The van der Waals surface area contributed by atoms with Gasteiger partial charge in [-0.05, 0) is 43.3 Å². The molecule has 2 nitrogen and oxygen atoms in total. The number of rotatable bonds is 2. The van der Waals surface area contributed by atoms with Crippen molar-refractivity contribution >= 4 is 34.8 Å². The molecule has 2 aromatic carbocycles. The van der Waals surface area contributed by atoms with E-state index in [0.717, 1.165) is 22.6 Å². The average Bonchev–Trinajstić information content (AvgIpc) is 2.81. The molecule has 0 amide bonds.